The van der Waals surface area contributed by atoms with E-state index >= 15 is 0 Å². The van der Waals surface area contributed by atoms with Gasteiger partial charge in [-0.05, 0) is 50.5 Å². The van der Waals surface area contributed by atoms with E-state index in [1.807, 2.05) is 32.0 Å². The summed E-state index contributed by atoms with van der Waals surface area (Å²) in [7, 11) is 0. The largest absolute Gasteiger partial charge is 0.484 e. The summed E-state index contributed by atoms with van der Waals surface area (Å²) in [6, 6.07) is 5.80. The van der Waals surface area contributed by atoms with Crippen LogP contribution in [0, 0.1) is 0 Å². The number of Topliss-reactive ketones (excluding diaryl/α,β-unsaturated/α-hetero) is 1. The van der Waals surface area contributed by atoms with Crippen molar-refractivity contribution in [3.05, 3.63) is 42.0 Å². The lowest BCUT2D eigenvalue weighted by Gasteiger charge is -2.24. The second kappa shape index (κ2) is 4.36. The van der Waals surface area contributed by atoms with E-state index in [1.165, 1.54) is 0 Å². The number of carbonyl (C=O) groups excluding carboxylic acids is 1. The van der Waals surface area contributed by atoms with Crippen LogP contribution in [-0.4, -0.2) is 11.4 Å². The summed E-state index contributed by atoms with van der Waals surface area (Å²) in [4.78, 5) is 11.8. The van der Waals surface area contributed by atoms with Gasteiger partial charge < -0.3 is 4.74 Å². The zero-order valence-corrected chi connectivity index (χ0v) is 10.5. The molecule has 0 heterocycles. The molecule has 90 valence electrons. The van der Waals surface area contributed by atoms with Crippen molar-refractivity contribution >= 4 is 5.78 Å². The fraction of sp³-hybridized carbons (Fsp3) is 0.400. The van der Waals surface area contributed by atoms with E-state index in [0.717, 1.165) is 29.7 Å². The molecule has 0 aromatic heterocycles. The van der Waals surface area contributed by atoms with Crippen molar-refractivity contribution in [2.24, 2.45) is 0 Å². The molecular weight excluding hydrogens is 212 g/mol. The third-order valence-corrected chi connectivity index (χ3v) is 3.10. The van der Waals surface area contributed by atoms with Crippen LogP contribution in [0.5, 0.6) is 5.75 Å². The molecule has 0 spiro atoms. The Bertz CT molecular complexity index is 458. The molecule has 0 saturated heterocycles. The first-order valence-corrected chi connectivity index (χ1v) is 6.00. The van der Waals surface area contributed by atoms with Crippen LogP contribution < -0.4 is 4.74 Å². The standard InChI is InChI=1S/C15H18O2/c1-4-15(2,3)17-12-9-8-11-6-5-7-14(16)13(11)10-12/h4,8-10H,1,5-7H2,2-3H3. The van der Waals surface area contributed by atoms with E-state index in [1.54, 1.807) is 6.08 Å². The first kappa shape index (κ1) is 11.9. The van der Waals surface area contributed by atoms with Gasteiger partial charge in [-0.25, -0.2) is 0 Å². The van der Waals surface area contributed by atoms with Crippen molar-refractivity contribution in [3.63, 3.8) is 0 Å². The summed E-state index contributed by atoms with van der Waals surface area (Å²) in [6.45, 7) is 7.63. The second-order valence-corrected chi connectivity index (χ2v) is 5.01. The van der Waals surface area contributed by atoms with Crippen LogP contribution in [0.15, 0.2) is 30.9 Å². The summed E-state index contributed by atoms with van der Waals surface area (Å²) < 4.78 is 5.80. The maximum atomic E-state index is 11.8. The number of hydrogen-bond donors (Lipinski definition) is 0. The Kier molecular flexibility index (Phi) is 3.05. The number of ether oxygens (including phenoxy) is 1. The van der Waals surface area contributed by atoms with Gasteiger partial charge in [0.25, 0.3) is 0 Å². The van der Waals surface area contributed by atoms with Crippen LogP contribution in [0.25, 0.3) is 0 Å². The lowest BCUT2D eigenvalue weighted by Crippen LogP contribution is -2.25. The summed E-state index contributed by atoms with van der Waals surface area (Å²) in [5.41, 5.74) is 1.56. The molecule has 2 nitrogen and oxygen atoms in total. The van der Waals surface area contributed by atoms with Crippen LogP contribution in [0.3, 0.4) is 0 Å². The normalized spacial score (nSPS) is 15.3. The van der Waals surface area contributed by atoms with Gasteiger partial charge >= 0.3 is 0 Å². The average Bonchev–Trinajstić information content (AvgIpc) is 2.30. The third kappa shape index (κ3) is 2.57. The van der Waals surface area contributed by atoms with Crippen LogP contribution in [0.2, 0.25) is 0 Å². The van der Waals surface area contributed by atoms with Crippen molar-refractivity contribution in [2.75, 3.05) is 0 Å². The number of hydrogen-bond acceptors (Lipinski definition) is 2. The maximum absolute atomic E-state index is 11.8. The average molecular weight is 230 g/mol. The molecule has 2 rings (SSSR count). The highest BCUT2D eigenvalue weighted by molar-refractivity contribution is 5.98. The second-order valence-electron chi connectivity index (χ2n) is 5.01. The number of fused-ring (bicyclic) bond motifs is 1. The molecule has 17 heavy (non-hydrogen) atoms. The van der Waals surface area contributed by atoms with E-state index < -0.39 is 5.60 Å². The molecule has 1 aliphatic rings. The molecule has 0 fully saturated rings. The van der Waals surface area contributed by atoms with Crippen molar-refractivity contribution in [3.8, 4) is 5.75 Å². The number of aryl methyl sites for hydroxylation is 1. The zero-order valence-electron chi connectivity index (χ0n) is 10.5. The highest BCUT2D eigenvalue weighted by Crippen LogP contribution is 2.27. The van der Waals surface area contributed by atoms with Gasteiger partial charge in [0.15, 0.2) is 5.78 Å². The highest BCUT2D eigenvalue weighted by atomic mass is 16.5. The summed E-state index contributed by atoms with van der Waals surface area (Å²) in [5, 5.41) is 0. The van der Waals surface area contributed by atoms with Crippen molar-refractivity contribution < 1.29 is 9.53 Å². The molecule has 0 N–H and O–H groups in total. The Morgan fingerprint density at radius 3 is 2.82 bits per heavy atom. The van der Waals surface area contributed by atoms with Crippen LogP contribution >= 0.6 is 0 Å². The van der Waals surface area contributed by atoms with E-state index in [4.69, 9.17) is 4.74 Å². The predicted octanol–water partition coefficient (Wildman–Crippen LogP) is 3.55. The molecule has 1 aliphatic carbocycles. The van der Waals surface area contributed by atoms with Crippen molar-refractivity contribution in [2.45, 2.75) is 38.7 Å². The van der Waals surface area contributed by atoms with Gasteiger partial charge in [-0.3, -0.25) is 4.79 Å². The van der Waals surface area contributed by atoms with Gasteiger partial charge in [0.1, 0.15) is 11.4 Å². The van der Waals surface area contributed by atoms with Crippen LogP contribution in [-0.2, 0) is 6.42 Å². The fourth-order valence-electron chi connectivity index (χ4n) is 2.02. The lowest BCUT2D eigenvalue weighted by molar-refractivity contribution is 0.0970. The molecule has 0 aliphatic heterocycles. The number of ketones is 1. The Morgan fingerprint density at radius 2 is 2.12 bits per heavy atom. The molecular formula is C15H18O2. The Hall–Kier alpha value is -1.57. The quantitative estimate of drug-likeness (QED) is 0.742. The third-order valence-electron chi connectivity index (χ3n) is 3.10. The van der Waals surface area contributed by atoms with Crippen LogP contribution in [0.4, 0.5) is 0 Å². The molecule has 0 bridgehead atoms. The SMILES string of the molecule is C=CC(C)(C)Oc1ccc2c(c1)C(=O)CCC2. The topological polar surface area (TPSA) is 26.3 Å². The minimum atomic E-state index is -0.411. The molecule has 1 aromatic rings. The minimum absolute atomic E-state index is 0.230. The zero-order chi connectivity index (χ0) is 12.5. The van der Waals surface area contributed by atoms with Gasteiger partial charge in [-0.2, -0.15) is 0 Å². The molecule has 1 aromatic carbocycles. The molecule has 2 heteroatoms. The Labute approximate surface area is 102 Å². The Morgan fingerprint density at radius 1 is 1.35 bits per heavy atom. The molecule has 0 atom stereocenters. The van der Waals surface area contributed by atoms with E-state index in [2.05, 4.69) is 6.58 Å². The van der Waals surface area contributed by atoms with Gasteiger partial charge in [0, 0.05) is 12.0 Å². The predicted molar refractivity (Wildman–Crippen MR) is 68.6 cm³/mol. The van der Waals surface area contributed by atoms with E-state index in [9.17, 15) is 4.79 Å². The summed E-state index contributed by atoms with van der Waals surface area (Å²) >= 11 is 0. The molecule has 0 saturated carbocycles. The van der Waals surface area contributed by atoms with Gasteiger partial charge in [0.2, 0.25) is 0 Å². The molecule has 0 radical (unpaired) electrons. The van der Waals surface area contributed by atoms with Gasteiger partial charge in [0.05, 0.1) is 0 Å². The van der Waals surface area contributed by atoms with Gasteiger partial charge in [-0.1, -0.05) is 12.6 Å². The van der Waals surface area contributed by atoms with E-state index in [-0.39, 0.29) is 5.78 Å². The van der Waals surface area contributed by atoms with Crippen LogP contribution in [0.1, 0.15) is 42.6 Å². The minimum Gasteiger partial charge on any atom is -0.484 e. The molecule has 0 unspecified atom stereocenters. The molecule has 0 amide bonds. The van der Waals surface area contributed by atoms with Gasteiger partial charge in [-0.15, -0.1) is 0 Å². The first-order chi connectivity index (χ1) is 8.02. The number of carbonyl (C=O) groups is 1. The highest BCUT2D eigenvalue weighted by Gasteiger charge is 2.20. The van der Waals surface area contributed by atoms with Crippen molar-refractivity contribution in [1.82, 2.24) is 0 Å². The Balaban J connectivity index is 2.30. The van der Waals surface area contributed by atoms with Crippen molar-refractivity contribution in [1.29, 1.82) is 0 Å². The summed E-state index contributed by atoms with van der Waals surface area (Å²) in [5.74, 6) is 0.969. The van der Waals surface area contributed by atoms with E-state index in [0.29, 0.717) is 6.42 Å². The fourth-order valence-corrected chi connectivity index (χ4v) is 2.02. The lowest BCUT2D eigenvalue weighted by atomic mass is 9.90. The smallest absolute Gasteiger partial charge is 0.163 e. The first-order valence-electron chi connectivity index (χ1n) is 6.00. The maximum Gasteiger partial charge on any atom is 0.163 e. The summed E-state index contributed by atoms with van der Waals surface area (Å²) in [6.07, 6.45) is 4.37. The number of rotatable bonds is 3. The monoisotopic (exact) mass is 230 g/mol. The number of benzene rings is 1.